The minimum Gasteiger partial charge on any atom is -0.307 e. The van der Waals surface area contributed by atoms with Crippen molar-refractivity contribution in [1.29, 1.82) is 0 Å². The Balaban J connectivity index is 1.65. The number of carbonyl (C=O) groups is 1. The molecule has 0 saturated carbocycles. The standard InChI is InChI=1S/C22H16F2N4O/c1-28-13-19(21(27-28)14-2-6-17(23)7-3-14)16-10-11-25-20(12-16)26-22(29)15-4-8-18(24)9-5-15/h2-13H,1H3,(H,25,26,29). The Labute approximate surface area is 165 Å². The fraction of sp³-hybridized carbons (Fsp3) is 0.0455. The van der Waals surface area contributed by atoms with E-state index < -0.39 is 5.82 Å². The number of hydrogen-bond acceptors (Lipinski definition) is 3. The van der Waals surface area contributed by atoms with Crippen molar-refractivity contribution in [2.24, 2.45) is 7.05 Å². The van der Waals surface area contributed by atoms with Gasteiger partial charge in [0.05, 0.1) is 0 Å². The molecule has 0 unspecified atom stereocenters. The topological polar surface area (TPSA) is 59.8 Å². The molecule has 0 aliphatic carbocycles. The molecule has 0 fully saturated rings. The predicted molar refractivity (Wildman–Crippen MR) is 106 cm³/mol. The Bertz CT molecular complexity index is 1170. The molecule has 4 rings (SSSR count). The molecule has 1 amide bonds. The molecule has 2 aromatic heterocycles. The van der Waals surface area contributed by atoms with E-state index in [0.717, 1.165) is 16.7 Å². The zero-order valence-electron chi connectivity index (χ0n) is 15.4. The highest BCUT2D eigenvalue weighted by Crippen LogP contribution is 2.31. The van der Waals surface area contributed by atoms with Crippen molar-refractivity contribution in [3.8, 4) is 22.4 Å². The van der Waals surface area contributed by atoms with Gasteiger partial charge in [0.25, 0.3) is 5.91 Å². The van der Waals surface area contributed by atoms with Gasteiger partial charge in [-0.25, -0.2) is 13.8 Å². The van der Waals surface area contributed by atoms with Crippen LogP contribution in [0.25, 0.3) is 22.4 Å². The molecule has 144 valence electrons. The van der Waals surface area contributed by atoms with Gasteiger partial charge in [-0.1, -0.05) is 0 Å². The maximum Gasteiger partial charge on any atom is 0.256 e. The first-order chi connectivity index (χ1) is 14.0. The highest BCUT2D eigenvalue weighted by atomic mass is 19.1. The summed E-state index contributed by atoms with van der Waals surface area (Å²) >= 11 is 0. The molecule has 7 heteroatoms. The number of amides is 1. The van der Waals surface area contributed by atoms with Crippen LogP contribution in [0.2, 0.25) is 0 Å². The van der Waals surface area contributed by atoms with E-state index in [1.807, 2.05) is 6.20 Å². The quantitative estimate of drug-likeness (QED) is 0.550. The molecule has 0 aliphatic heterocycles. The second-order valence-corrected chi connectivity index (χ2v) is 6.46. The number of nitrogens with one attached hydrogen (secondary N) is 1. The monoisotopic (exact) mass is 390 g/mol. The molecule has 0 atom stereocenters. The van der Waals surface area contributed by atoms with Crippen molar-refractivity contribution in [3.05, 3.63) is 90.3 Å². The number of benzene rings is 2. The molecule has 0 saturated heterocycles. The van der Waals surface area contributed by atoms with Gasteiger partial charge in [0.15, 0.2) is 0 Å². The Morgan fingerprint density at radius 1 is 0.931 bits per heavy atom. The molecular weight excluding hydrogens is 374 g/mol. The zero-order chi connectivity index (χ0) is 20.4. The molecule has 0 aliphatic rings. The van der Waals surface area contributed by atoms with Gasteiger partial charge in [-0.05, 0) is 66.2 Å². The van der Waals surface area contributed by atoms with Crippen LogP contribution in [-0.4, -0.2) is 20.7 Å². The number of aromatic nitrogens is 3. The lowest BCUT2D eigenvalue weighted by Crippen LogP contribution is -2.12. The van der Waals surface area contributed by atoms with Gasteiger partial charge in [-0.15, -0.1) is 0 Å². The van der Waals surface area contributed by atoms with Crippen LogP contribution in [0.3, 0.4) is 0 Å². The van der Waals surface area contributed by atoms with Crippen molar-refractivity contribution in [3.63, 3.8) is 0 Å². The number of hydrogen-bond donors (Lipinski definition) is 1. The lowest BCUT2D eigenvalue weighted by atomic mass is 10.0. The molecule has 2 heterocycles. The highest BCUT2D eigenvalue weighted by Gasteiger charge is 2.14. The number of pyridine rings is 1. The molecular formula is C22H16F2N4O. The van der Waals surface area contributed by atoms with Crippen molar-refractivity contribution < 1.29 is 13.6 Å². The zero-order valence-corrected chi connectivity index (χ0v) is 15.4. The van der Waals surface area contributed by atoms with Crippen molar-refractivity contribution in [1.82, 2.24) is 14.8 Å². The Kier molecular flexibility index (Phi) is 4.87. The van der Waals surface area contributed by atoms with E-state index in [1.54, 1.807) is 42.2 Å². The average molecular weight is 390 g/mol. The second-order valence-electron chi connectivity index (χ2n) is 6.46. The number of halogens is 2. The number of carbonyl (C=O) groups excluding carboxylic acids is 1. The summed E-state index contributed by atoms with van der Waals surface area (Å²) in [6, 6.07) is 14.9. The van der Waals surface area contributed by atoms with E-state index in [9.17, 15) is 13.6 Å². The van der Waals surface area contributed by atoms with Gasteiger partial charge >= 0.3 is 0 Å². The second kappa shape index (κ2) is 7.63. The fourth-order valence-electron chi connectivity index (χ4n) is 2.98. The van der Waals surface area contributed by atoms with Crippen molar-refractivity contribution in [2.45, 2.75) is 0 Å². The minimum absolute atomic E-state index is 0.319. The third-order valence-corrected chi connectivity index (χ3v) is 4.37. The SMILES string of the molecule is Cn1cc(-c2ccnc(NC(=O)c3ccc(F)cc3)c2)c(-c2ccc(F)cc2)n1. The van der Waals surface area contributed by atoms with Crippen LogP contribution in [0.15, 0.2) is 73.1 Å². The summed E-state index contributed by atoms with van der Waals surface area (Å²) in [6.45, 7) is 0. The third-order valence-electron chi connectivity index (χ3n) is 4.37. The number of nitrogens with zero attached hydrogens (tertiary/aromatic N) is 3. The highest BCUT2D eigenvalue weighted by molar-refractivity contribution is 6.04. The lowest BCUT2D eigenvalue weighted by molar-refractivity contribution is 0.102. The Morgan fingerprint density at radius 2 is 1.59 bits per heavy atom. The first-order valence-corrected chi connectivity index (χ1v) is 8.82. The van der Waals surface area contributed by atoms with Gasteiger partial charge in [-0.2, -0.15) is 5.10 Å². The van der Waals surface area contributed by atoms with Crippen molar-refractivity contribution in [2.75, 3.05) is 5.32 Å². The van der Waals surface area contributed by atoms with Crippen LogP contribution >= 0.6 is 0 Å². The van der Waals surface area contributed by atoms with Crippen molar-refractivity contribution >= 4 is 11.7 Å². The summed E-state index contributed by atoms with van der Waals surface area (Å²) in [6.07, 6.45) is 3.43. The molecule has 0 radical (unpaired) electrons. The predicted octanol–water partition coefficient (Wildman–Crippen LogP) is 4.68. The van der Waals surface area contributed by atoms with Crippen LogP contribution in [0.1, 0.15) is 10.4 Å². The van der Waals surface area contributed by atoms with E-state index in [2.05, 4.69) is 15.4 Å². The largest absolute Gasteiger partial charge is 0.307 e. The van der Waals surface area contributed by atoms with Gasteiger partial charge in [0.2, 0.25) is 0 Å². The first-order valence-electron chi connectivity index (χ1n) is 8.82. The van der Waals surface area contributed by atoms with Crippen LogP contribution in [-0.2, 0) is 7.05 Å². The molecule has 5 nitrogen and oxygen atoms in total. The fourth-order valence-corrected chi connectivity index (χ4v) is 2.98. The summed E-state index contributed by atoms with van der Waals surface area (Å²) < 4.78 is 28.0. The summed E-state index contributed by atoms with van der Waals surface area (Å²) in [5.74, 6) is -0.766. The van der Waals surface area contributed by atoms with Crippen LogP contribution < -0.4 is 5.32 Å². The molecule has 4 aromatic rings. The molecule has 1 N–H and O–H groups in total. The van der Waals surface area contributed by atoms with E-state index >= 15 is 0 Å². The Hall–Kier alpha value is -3.87. The van der Waals surface area contributed by atoms with Gasteiger partial charge in [0, 0.05) is 36.1 Å². The average Bonchev–Trinajstić information content (AvgIpc) is 3.11. The van der Waals surface area contributed by atoms with E-state index in [0.29, 0.717) is 17.1 Å². The summed E-state index contributed by atoms with van der Waals surface area (Å²) in [4.78, 5) is 16.6. The summed E-state index contributed by atoms with van der Waals surface area (Å²) in [7, 11) is 1.80. The maximum absolute atomic E-state index is 13.3. The van der Waals surface area contributed by atoms with Crippen LogP contribution in [0.4, 0.5) is 14.6 Å². The molecule has 29 heavy (non-hydrogen) atoms. The minimum atomic E-state index is -0.411. The first kappa shape index (κ1) is 18.5. The smallest absolute Gasteiger partial charge is 0.256 e. The molecule has 2 aromatic carbocycles. The summed E-state index contributed by atoms with van der Waals surface area (Å²) in [5.41, 5.74) is 3.40. The third kappa shape index (κ3) is 4.03. The van der Waals surface area contributed by atoms with E-state index in [1.165, 1.54) is 36.4 Å². The lowest BCUT2D eigenvalue weighted by Gasteiger charge is -2.07. The maximum atomic E-state index is 13.3. The van der Waals surface area contributed by atoms with E-state index in [-0.39, 0.29) is 11.7 Å². The van der Waals surface area contributed by atoms with Gasteiger partial charge in [-0.3, -0.25) is 9.48 Å². The normalized spacial score (nSPS) is 10.7. The van der Waals surface area contributed by atoms with Gasteiger partial charge < -0.3 is 5.32 Å². The van der Waals surface area contributed by atoms with Crippen LogP contribution in [0.5, 0.6) is 0 Å². The molecule has 0 bridgehead atoms. The van der Waals surface area contributed by atoms with Gasteiger partial charge in [0.1, 0.15) is 23.1 Å². The van der Waals surface area contributed by atoms with E-state index in [4.69, 9.17) is 0 Å². The number of rotatable bonds is 4. The number of anilines is 1. The van der Waals surface area contributed by atoms with Crippen LogP contribution in [0, 0.1) is 11.6 Å². The number of aryl methyl sites for hydroxylation is 1. The molecule has 0 spiro atoms. The Morgan fingerprint density at radius 3 is 2.28 bits per heavy atom. The summed E-state index contributed by atoms with van der Waals surface area (Å²) in [5, 5.41) is 7.20.